The number of hydrogen-bond acceptors (Lipinski definition) is 3. The number of nitrogens with zero attached hydrogens (tertiary/aromatic N) is 2. The molecule has 3 aromatic rings. The SMILES string of the molecule is O=c1c2c(O)cccc2[se]n1-c1ccncc1. The third-order valence-corrected chi connectivity index (χ3v) is 4.79. The summed E-state index contributed by atoms with van der Waals surface area (Å²) in [5, 5.41) is 10.2. The molecule has 17 heavy (non-hydrogen) atoms. The molecular weight excluding hydrogens is 283 g/mol. The summed E-state index contributed by atoms with van der Waals surface area (Å²) in [5.74, 6) is 0.0610. The standard InChI is InChI=1S/C12H8N2O2Se/c15-9-2-1-3-10-11(9)12(16)14(17-10)8-4-6-13-7-5-8/h1-7,15H. The molecule has 0 fully saturated rings. The Labute approximate surface area is 103 Å². The van der Waals surface area contributed by atoms with Crippen LogP contribution in [0.4, 0.5) is 0 Å². The van der Waals surface area contributed by atoms with Crippen LogP contribution in [0.1, 0.15) is 0 Å². The van der Waals surface area contributed by atoms with E-state index in [4.69, 9.17) is 0 Å². The molecule has 0 unspecified atom stereocenters. The number of fused-ring (bicyclic) bond motifs is 1. The number of phenolic OH excluding ortho intramolecular Hbond substituents is 1. The van der Waals surface area contributed by atoms with Gasteiger partial charge in [0.2, 0.25) is 0 Å². The van der Waals surface area contributed by atoms with Crippen LogP contribution >= 0.6 is 0 Å². The van der Waals surface area contributed by atoms with Crippen LogP contribution in [0, 0.1) is 0 Å². The fourth-order valence-corrected chi connectivity index (χ4v) is 3.84. The normalized spacial score (nSPS) is 10.8. The molecule has 84 valence electrons. The van der Waals surface area contributed by atoms with Gasteiger partial charge in [0, 0.05) is 0 Å². The summed E-state index contributed by atoms with van der Waals surface area (Å²) < 4.78 is 2.61. The molecule has 5 heteroatoms. The Bertz CT molecular complexity index is 731. The fourth-order valence-electron chi connectivity index (χ4n) is 1.70. The van der Waals surface area contributed by atoms with Gasteiger partial charge < -0.3 is 0 Å². The van der Waals surface area contributed by atoms with Gasteiger partial charge in [-0.1, -0.05) is 0 Å². The zero-order chi connectivity index (χ0) is 11.8. The second-order valence-corrected chi connectivity index (χ2v) is 5.62. The first-order chi connectivity index (χ1) is 8.27. The van der Waals surface area contributed by atoms with Gasteiger partial charge in [0.25, 0.3) is 0 Å². The number of hydrogen-bond donors (Lipinski definition) is 1. The van der Waals surface area contributed by atoms with Crippen LogP contribution in [0.2, 0.25) is 0 Å². The Hall–Kier alpha value is -1.84. The molecule has 0 radical (unpaired) electrons. The first kappa shape index (κ1) is 10.3. The topological polar surface area (TPSA) is 55.1 Å². The van der Waals surface area contributed by atoms with Crippen LogP contribution in [0.3, 0.4) is 0 Å². The molecule has 1 N–H and O–H groups in total. The molecule has 0 saturated carbocycles. The van der Waals surface area contributed by atoms with Crippen molar-refractivity contribution in [1.82, 2.24) is 8.55 Å². The van der Waals surface area contributed by atoms with Gasteiger partial charge in [-0.05, 0) is 0 Å². The van der Waals surface area contributed by atoms with Gasteiger partial charge in [-0.3, -0.25) is 0 Å². The molecule has 0 spiro atoms. The van der Waals surface area contributed by atoms with E-state index in [1.54, 1.807) is 40.2 Å². The van der Waals surface area contributed by atoms with Crippen molar-refractivity contribution in [3.8, 4) is 11.4 Å². The molecule has 0 aliphatic carbocycles. The van der Waals surface area contributed by atoms with Crippen LogP contribution in [-0.2, 0) is 0 Å². The molecule has 0 atom stereocenters. The van der Waals surface area contributed by atoms with Crippen LogP contribution in [0.5, 0.6) is 5.75 Å². The van der Waals surface area contributed by atoms with Crippen molar-refractivity contribution < 1.29 is 5.11 Å². The second kappa shape index (κ2) is 3.87. The predicted octanol–water partition coefficient (Wildman–Crippen LogP) is 1.15. The van der Waals surface area contributed by atoms with Gasteiger partial charge in [0.05, 0.1) is 0 Å². The van der Waals surface area contributed by atoms with Gasteiger partial charge in [0.1, 0.15) is 0 Å². The predicted molar refractivity (Wildman–Crippen MR) is 65.9 cm³/mol. The number of phenols is 1. The molecule has 2 aromatic heterocycles. The Morgan fingerprint density at radius 3 is 2.65 bits per heavy atom. The number of aromatic hydroxyl groups is 1. The Balaban J connectivity index is 2.37. The molecule has 0 saturated heterocycles. The first-order valence-electron chi connectivity index (χ1n) is 5.02. The number of pyridine rings is 1. The van der Waals surface area contributed by atoms with E-state index in [0.29, 0.717) is 5.39 Å². The van der Waals surface area contributed by atoms with Crippen LogP contribution in [-0.4, -0.2) is 28.4 Å². The monoisotopic (exact) mass is 292 g/mol. The van der Waals surface area contributed by atoms with Gasteiger partial charge in [-0.25, -0.2) is 0 Å². The molecule has 2 heterocycles. The average Bonchev–Trinajstić information content (AvgIpc) is 2.69. The average molecular weight is 291 g/mol. The first-order valence-corrected chi connectivity index (χ1v) is 6.64. The van der Waals surface area contributed by atoms with E-state index in [-0.39, 0.29) is 26.0 Å². The fraction of sp³-hybridized carbons (Fsp3) is 0. The van der Waals surface area contributed by atoms with Crippen LogP contribution < -0.4 is 5.56 Å². The zero-order valence-corrected chi connectivity index (χ0v) is 10.4. The number of rotatable bonds is 1. The van der Waals surface area contributed by atoms with Crippen molar-refractivity contribution in [2.45, 2.75) is 0 Å². The molecule has 0 aliphatic rings. The molecule has 0 bridgehead atoms. The van der Waals surface area contributed by atoms with Gasteiger partial charge in [-0.2, -0.15) is 0 Å². The summed E-state index contributed by atoms with van der Waals surface area (Å²) in [6, 6.07) is 8.78. The van der Waals surface area contributed by atoms with Crippen molar-refractivity contribution in [2.24, 2.45) is 0 Å². The maximum absolute atomic E-state index is 12.2. The summed E-state index contributed by atoms with van der Waals surface area (Å²) >= 11 is -0.119. The van der Waals surface area contributed by atoms with E-state index in [1.807, 2.05) is 6.07 Å². The summed E-state index contributed by atoms with van der Waals surface area (Å²) in [6.45, 7) is 0. The van der Waals surface area contributed by atoms with Crippen molar-refractivity contribution >= 4 is 24.4 Å². The second-order valence-electron chi connectivity index (χ2n) is 3.55. The van der Waals surface area contributed by atoms with Crippen molar-refractivity contribution in [3.05, 3.63) is 53.1 Å². The van der Waals surface area contributed by atoms with Crippen molar-refractivity contribution in [2.75, 3.05) is 0 Å². The van der Waals surface area contributed by atoms with Gasteiger partial charge >= 0.3 is 103 Å². The summed E-state index contributed by atoms with van der Waals surface area (Å²) in [4.78, 5) is 16.1. The van der Waals surface area contributed by atoms with E-state index in [9.17, 15) is 9.90 Å². The van der Waals surface area contributed by atoms with Crippen LogP contribution in [0.15, 0.2) is 47.5 Å². The molecule has 0 amide bonds. The quantitative estimate of drug-likeness (QED) is 0.684. The molecular formula is C12H8N2O2Se. The van der Waals surface area contributed by atoms with E-state index in [1.165, 1.54) is 0 Å². The zero-order valence-electron chi connectivity index (χ0n) is 8.70. The van der Waals surface area contributed by atoms with E-state index in [2.05, 4.69) is 4.98 Å². The number of aromatic nitrogens is 2. The van der Waals surface area contributed by atoms with Crippen LogP contribution in [0.25, 0.3) is 15.3 Å². The Morgan fingerprint density at radius 1 is 1.18 bits per heavy atom. The maximum atomic E-state index is 12.2. The third kappa shape index (κ3) is 1.60. The third-order valence-electron chi connectivity index (χ3n) is 2.49. The van der Waals surface area contributed by atoms with Gasteiger partial charge in [-0.15, -0.1) is 0 Å². The Kier molecular flexibility index (Phi) is 2.35. The summed E-state index contributed by atoms with van der Waals surface area (Å²) in [7, 11) is 0. The van der Waals surface area contributed by atoms with E-state index >= 15 is 0 Å². The molecule has 3 rings (SSSR count). The molecule has 0 aliphatic heterocycles. The minimum absolute atomic E-state index is 0.0610. The summed E-state index contributed by atoms with van der Waals surface area (Å²) in [5.41, 5.74) is 0.685. The molecule has 1 aromatic carbocycles. The van der Waals surface area contributed by atoms with E-state index < -0.39 is 0 Å². The van der Waals surface area contributed by atoms with Crippen molar-refractivity contribution in [3.63, 3.8) is 0 Å². The minimum atomic E-state index is -0.135. The van der Waals surface area contributed by atoms with Crippen molar-refractivity contribution in [1.29, 1.82) is 0 Å². The van der Waals surface area contributed by atoms with Gasteiger partial charge in [0.15, 0.2) is 0 Å². The molecule has 4 nitrogen and oxygen atoms in total. The number of benzene rings is 1. The Morgan fingerprint density at radius 2 is 1.94 bits per heavy atom. The summed E-state index contributed by atoms with van der Waals surface area (Å²) in [6.07, 6.45) is 3.31. The van der Waals surface area contributed by atoms with E-state index in [0.717, 1.165) is 9.95 Å².